The fourth-order valence-electron chi connectivity index (χ4n) is 8.25. The first-order chi connectivity index (χ1) is 51.1. The number of alkyl halides is 18. The minimum atomic E-state index is -3.67. The van der Waals surface area contributed by atoms with Gasteiger partial charge in [-0.2, -0.15) is 92.7 Å². The summed E-state index contributed by atoms with van der Waals surface area (Å²) in [6.07, 6.45) is 32.0. The Hall–Kier alpha value is -9.73. The Morgan fingerprint density at radius 3 is 0.945 bits per heavy atom. The number of pyridine rings is 3. The zero-order chi connectivity index (χ0) is 79.3. The molecule has 0 amide bonds. The van der Waals surface area contributed by atoms with Crippen molar-refractivity contribution < 1.29 is 139 Å². The monoisotopic (exact) mass is 2100 g/mol. The number of hydrogen-bond donors (Lipinski definition) is 0. The van der Waals surface area contributed by atoms with E-state index in [4.69, 9.17) is 0 Å². The SMILES string of the molecule is C=C(c1[c-]scc1)n1ccn(C)[cH+]1.CC(C)=C(c1[c-]cccc1)n1ccn(C)[cH+]1.Cn1ccn(C(=C2C=CC=C2)c2[c-]cccc2)[cH+]1.FC(F)F.FC(F)F.FC(F)F.FC(F)F.FC(F)F.FC(F)F.[Ir].[Ir].[Ir].[c-]1ccccc1-c1ccccn1.[c-]1ccccc1-c1ccccn1.[c-]1ccccc1-c1ccccn1. The van der Waals surface area contributed by atoms with Crippen LogP contribution in [-0.2, 0) is 81.5 Å². The summed E-state index contributed by atoms with van der Waals surface area (Å²) in [5, 5.41) is 5.16. The van der Waals surface area contributed by atoms with Gasteiger partial charge in [-0.05, 0) is 90.1 Å². The topological polar surface area (TPSA) is 68.2 Å². The molecule has 1 aliphatic rings. The average molecular weight is 2100 g/mol. The third-order valence-electron chi connectivity index (χ3n) is 12.2. The molecule has 0 fully saturated rings. The van der Waals surface area contributed by atoms with E-state index in [1.807, 2.05) is 246 Å². The number of thiophene rings is 1. The molecule has 31 heteroatoms. The largest absolute Gasteiger partial charge is 0.379 e. The third-order valence-corrected chi connectivity index (χ3v) is 12.8. The molecule has 0 saturated heterocycles. The standard InChI is InChI=1S/C16H14N2.C14H16N2.3C11H8N.C10H10N2S.6CHF3.3Ir/c1-17-11-12-18(13-17)16(15-9-5-6-10-15)14-7-3-2-4-8-14;1-12(2)14(13-7-5-4-6-8-13)16-10-9-15(3)11-16;3*1-2-6-10(7-3-1)11-8-4-5-9-12-11;1-9(10-3-6-13-7-10)12-5-4-11(2)8-12;6*2-1(3)4;;;/h2-7,9-13H,1H3;4-7,9-11H,1-3H3;3*1-6,8-9H;3-6,8H,1H2,2H3;6*1H;;;/q;;3*-1;;;;;;;;;;. The van der Waals surface area contributed by atoms with E-state index in [-0.39, 0.29) is 60.3 Å². The molecule has 7 aromatic heterocycles. The summed E-state index contributed by atoms with van der Waals surface area (Å²) >= 11 is 1.56. The minimum absolute atomic E-state index is 0. The molecule has 110 heavy (non-hydrogen) atoms. The molecule has 1 aliphatic carbocycles. The van der Waals surface area contributed by atoms with Crippen molar-refractivity contribution >= 4 is 28.4 Å². The maximum absolute atomic E-state index is 9.67. The molecule has 12 aromatic rings. The predicted molar refractivity (Wildman–Crippen MR) is 384 cm³/mol. The van der Waals surface area contributed by atoms with Gasteiger partial charge in [0.05, 0.1) is 0 Å². The van der Waals surface area contributed by atoms with E-state index in [2.05, 4.69) is 142 Å². The van der Waals surface area contributed by atoms with Crippen LogP contribution >= 0.6 is 11.3 Å². The van der Waals surface area contributed by atoms with Crippen molar-refractivity contribution in [2.45, 2.75) is 53.9 Å². The molecule has 0 bridgehead atoms. The van der Waals surface area contributed by atoms with Gasteiger partial charge in [0, 0.05) is 106 Å². The molecule has 9 nitrogen and oxygen atoms in total. The maximum atomic E-state index is 9.67. The summed E-state index contributed by atoms with van der Waals surface area (Å²) in [5.41, 5.74) is 15.1. The van der Waals surface area contributed by atoms with Gasteiger partial charge < -0.3 is 15.0 Å². The van der Waals surface area contributed by atoms with Gasteiger partial charge in [0.1, 0.15) is 54.3 Å². The molecular weight excluding hydrogens is 2030 g/mol. The maximum Gasteiger partial charge on any atom is 0.379 e. The van der Waals surface area contributed by atoms with E-state index in [0.29, 0.717) is 0 Å². The molecule has 13 rings (SSSR count). The van der Waals surface area contributed by atoms with Gasteiger partial charge in [-0.15, -0.1) is 180 Å². The van der Waals surface area contributed by atoms with Gasteiger partial charge in [0.15, 0.2) is 19.0 Å². The van der Waals surface area contributed by atoms with Gasteiger partial charge >= 0.3 is 40.1 Å². The van der Waals surface area contributed by atoms with Crippen molar-refractivity contribution in [3.63, 3.8) is 0 Å². The van der Waals surface area contributed by atoms with Crippen LogP contribution in [0.2, 0.25) is 0 Å². The van der Waals surface area contributed by atoms with Crippen molar-refractivity contribution in [3.05, 3.63) is 357 Å². The molecule has 5 aromatic carbocycles. The summed E-state index contributed by atoms with van der Waals surface area (Å²) in [5.74, 6) is 0. The van der Waals surface area contributed by atoms with Crippen LogP contribution in [0.25, 0.3) is 50.9 Å². The number of rotatable bonds is 9. The Morgan fingerprint density at radius 2 is 0.682 bits per heavy atom. The van der Waals surface area contributed by atoms with E-state index >= 15 is 0 Å². The Labute approximate surface area is 671 Å². The van der Waals surface area contributed by atoms with Gasteiger partial charge in [-0.1, -0.05) is 53.9 Å². The second-order valence-corrected chi connectivity index (χ2v) is 20.9. The number of hydrogen-bond acceptors (Lipinski definition) is 4. The summed E-state index contributed by atoms with van der Waals surface area (Å²) < 4.78 is 186. The molecule has 0 atom stereocenters. The van der Waals surface area contributed by atoms with Crippen LogP contribution in [0.5, 0.6) is 0 Å². The second kappa shape index (κ2) is 61.1. The van der Waals surface area contributed by atoms with E-state index in [1.54, 1.807) is 29.9 Å². The summed E-state index contributed by atoms with van der Waals surface area (Å²) in [4.78, 5) is 12.7. The smallest absolute Gasteiger partial charge is 0.305 e. The first kappa shape index (κ1) is 102. The van der Waals surface area contributed by atoms with Crippen molar-refractivity contribution in [1.29, 1.82) is 0 Å². The van der Waals surface area contributed by atoms with E-state index in [0.717, 1.165) is 61.9 Å². The van der Waals surface area contributed by atoms with Crippen LogP contribution in [0.3, 0.4) is 0 Å². The van der Waals surface area contributed by atoms with Crippen molar-refractivity contribution in [3.8, 4) is 33.8 Å². The van der Waals surface area contributed by atoms with Crippen LogP contribution in [0.1, 0.15) is 30.5 Å². The molecule has 7 heterocycles. The van der Waals surface area contributed by atoms with Crippen LogP contribution in [-0.4, -0.2) is 82.4 Å². The van der Waals surface area contributed by atoms with Gasteiger partial charge in [-0.3, -0.25) is 25.0 Å². The number of benzene rings is 5. The molecule has 0 aliphatic heterocycles. The molecule has 0 N–H and O–H groups in total. The van der Waals surface area contributed by atoms with Crippen LogP contribution in [0.4, 0.5) is 79.0 Å². The summed E-state index contributed by atoms with van der Waals surface area (Å²) in [6.45, 7) is -13.8. The third kappa shape index (κ3) is 47.9. The zero-order valence-electron chi connectivity index (χ0n) is 58.5. The number of aromatic nitrogens is 9. The van der Waals surface area contributed by atoms with Crippen LogP contribution < -0.4 is 0 Å². The number of imidazole rings is 3. The van der Waals surface area contributed by atoms with E-state index in [1.165, 1.54) is 16.8 Å². The zero-order valence-corrected chi connectivity index (χ0v) is 66.5. The van der Waals surface area contributed by atoms with Crippen LogP contribution in [0.15, 0.2) is 304 Å². The summed E-state index contributed by atoms with van der Waals surface area (Å²) in [6, 6.07) is 75.2. The number of aryl methyl sites for hydroxylation is 3. The number of allylic oxidation sites excluding steroid dienone is 6. The normalized spacial score (nSPS) is 9.99. The fraction of sp³-hybridized carbons (Fsp3) is 0.139. The van der Waals surface area contributed by atoms with Gasteiger partial charge in [0.25, 0.3) is 0 Å². The van der Waals surface area contributed by atoms with Crippen molar-refractivity contribution in [2.24, 2.45) is 21.1 Å². The Bertz CT molecular complexity index is 3970. The number of halogens is 18. The molecule has 0 saturated carbocycles. The van der Waals surface area contributed by atoms with Crippen LogP contribution in [0, 0.1) is 35.7 Å². The first-order valence-corrected chi connectivity index (χ1v) is 31.6. The van der Waals surface area contributed by atoms with Crippen molar-refractivity contribution in [1.82, 2.24) is 42.4 Å². The fourth-order valence-corrected chi connectivity index (χ4v) is 8.84. The Kier molecular flexibility index (Phi) is 56.8. The van der Waals surface area contributed by atoms with Gasteiger partial charge in [-0.25, -0.2) is 0 Å². The minimum Gasteiger partial charge on any atom is -0.305 e. The Balaban J connectivity index is 0. The molecule has 593 valence electrons. The first-order valence-electron chi connectivity index (χ1n) is 30.7. The van der Waals surface area contributed by atoms with Gasteiger partial charge in [0.2, 0.25) is 0 Å². The number of nitrogens with zero attached hydrogens (tertiary/aromatic N) is 9. The molecular formula is C79H70F18Ir3N9S-3. The summed E-state index contributed by atoms with van der Waals surface area (Å²) in [7, 11) is 6.03. The predicted octanol–water partition coefficient (Wildman–Crippen LogP) is 23.7. The average Bonchev–Trinajstić information content (AvgIpc) is 1.67. The molecule has 0 unspecified atom stereocenters. The second-order valence-electron chi connectivity index (χ2n) is 20.2. The molecule has 0 spiro atoms. The van der Waals surface area contributed by atoms with E-state index in [9.17, 15) is 79.0 Å². The Morgan fingerprint density at radius 1 is 0.373 bits per heavy atom. The van der Waals surface area contributed by atoms with E-state index < -0.39 is 40.1 Å². The molecule has 3 radical (unpaired) electrons. The quantitative estimate of drug-likeness (QED) is 0.107. The van der Waals surface area contributed by atoms with Crippen molar-refractivity contribution in [2.75, 3.05) is 0 Å².